The number of hydrogen-bond acceptors (Lipinski definition) is 5. The van der Waals surface area contributed by atoms with E-state index in [1.807, 2.05) is 32.0 Å². The van der Waals surface area contributed by atoms with Gasteiger partial charge in [0, 0.05) is 24.0 Å². The maximum Gasteiger partial charge on any atom is 0.220 e. The zero-order valence-corrected chi connectivity index (χ0v) is 16.4. The summed E-state index contributed by atoms with van der Waals surface area (Å²) in [5, 5.41) is 2.94. The number of nitrogens with one attached hydrogen (secondary N) is 1. The number of benzene rings is 2. The van der Waals surface area contributed by atoms with Gasteiger partial charge < -0.3 is 19.5 Å². The first-order valence-electron chi connectivity index (χ1n) is 9.34. The van der Waals surface area contributed by atoms with Gasteiger partial charge in [-0.2, -0.15) is 0 Å². The average molecular weight is 383 g/mol. The van der Waals surface area contributed by atoms with Crippen LogP contribution in [0.3, 0.4) is 0 Å². The number of carbonyl (C=O) groups is 2. The van der Waals surface area contributed by atoms with Gasteiger partial charge >= 0.3 is 0 Å². The summed E-state index contributed by atoms with van der Waals surface area (Å²) in [7, 11) is 1.61. The van der Waals surface area contributed by atoms with Crippen molar-refractivity contribution in [3.05, 3.63) is 53.1 Å². The Kier molecular flexibility index (Phi) is 6.19. The Bertz CT molecular complexity index is 877. The second-order valence-corrected chi connectivity index (χ2v) is 6.82. The van der Waals surface area contributed by atoms with Crippen LogP contribution in [0.15, 0.2) is 36.4 Å². The van der Waals surface area contributed by atoms with Crippen LogP contribution in [0.4, 0.5) is 0 Å². The van der Waals surface area contributed by atoms with Gasteiger partial charge in [-0.3, -0.25) is 9.59 Å². The van der Waals surface area contributed by atoms with Crippen LogP contribution in [0.25, 0.3) is 0 Å². The van der Waals surface area contributed by atoms with Crippen LogP contribution in [-0.4, -0.2) is 32.0 Å². The Morgan fingerprint density at radius 2 is 1.82 bits per heavy atom. The van der Waals surface area contributed by atoms with E-state index in [1.54, 1.807) is 25.3 Å². The highest BCUT2D eigenvalue weighted by Crippen LogP contribution is 2.31. The summed E-state index contributed by atoms with van der Waals surface area (Å²) < 4.78 is 16.3. The van der Waals surface area contributed by atoms with Crippen LogP contribution in [0, 0.1) is 6.92 Å². The van der Waals surface area contributed by atoms with Gasteiger partial charge in [0.15, 0.2) is 17.3 Å². The molecule has 1 N–H and O–H groups in total. The fourth-order valence-corrected chi connectivity index (χ4v) is 3.17. The summed E-state index contributed by atoms with van der Waals surface area (Å²) in [6, 6.07) is 10.7. The van der Waals surface area contributed by atoms with E-state index in [1.165, 1.54) is 0 Å². The largest absolute Gasteiger partial charge is 0.496 e. The van der Waals surface area contributed by atoms with Gasteiger partial charge in [-0.05, 0) is 38.1 Å². The Morgan fingerprint density at radius 1 is 1.07 bits per heavy atom. The third-order valence-corrected chi connectivity index (χ3v) is 4.67. The molecule has 0 saturated carbocycles. The Labute approximate surface area is 164 Å². The lowest BCUT2D eigenvalue weighted by Gasteiger charge is -2.19. The minimum absolute atomic E-state index is 0.104. The van der Waals surface area contributed by atoms with Gasteiger partial charge in [-0.1, -0.05) is 17.7 Å². The van der Waals surface area contributed by atoms with Gasteiger partial charge in [-0.25, -0.2) is 0 Å². The van der Waals surface area contributed by atoms with Gasteiger partial charge in [0.05, 0.1) is 13.2 Å². The Hall–Kier alpha value is -3.02. The first-order chi connectivity index (χ1) is 13.5. The van der Waals surface area contributed by atoms with Crippen molar-refractivity contribution >= 4 is 11.7 Å². The second-order valence-electron chi connectivity index (χ2n) is 6.82. The molecule has 2 aromatic rings. The summed E-state index contributed by atoms with van der Waals surface area (Å²) in [5.41, 5.74) is 2.52. The van der Waals surface area contributed by atoms with Crippen molar-refractivity contribution in [2.45, 2.75) is 32.7 Å². The van der Waals surface area contributed by atoms with Crippen LogP contribution in [-0.2, 0) is 4.79 Å². The fourth-order valence-electron chi connectivity index (χ4n) is 3.17. The van der Waals surface area contributed by atoms with Crippen molar-refractivity contribution < 1.29 is 23.8 Å². The van der Waals surface area contributed by atoms with Crippen molar-refractivity contribution in [3.63, 3.8) is 0 Å². The first kappa shape index (κ1) is 19.7. The standard InChI is InChI=1S/C22H25NO5/c1-14-4-7-19(26-3)17(12-14)15(2)23-22(25)9-6-18(24)16-5-8-20-21(13-16)28-11-10-27-20/h4-5,7-8,12-13,15H,6,9-11H2,1-3H3,(H,23,25)/t15-/m1/s1. The van der Waals surface area contributed by atoms with Gasteiger partial charge in [0.1, 0.15) is 19.0 Å². The van der Waals surface area contributed by atoms with Gasteiger partial charge in [0.2, 0.25) is 5.91 Å². The molecule has 0 saturated heterocycles. The number of aryl methyl sites for hydroxylation is 1. The molecule has 0 fully saturated rings. The van der Waals surface area contributed by atoms with E-state index in [2.05, 4.69) is 5.32 Å². The number of Topliss-reactive ketones (excluding diaryl/α,β-unsaturated/α-hetero) is 1. The van der Waals surface area contributed by atoms with Crippen LogP contribution < -0.4 is 19.5 Å². The molecule has 1 amide bonds. The van der Waals surface area contributed by atoms with E-state index in [-0.39, 0.29) is 30.6 Å². The molecule has 0 spiro atoms. The molecular formula is C22H25NO5. The molecule has 1 aliphatic heterocycles. The highest BCUT2D eigenvalue weighted by Gasteiger charge is 2.18. The minimum atomic E-state index is -0.216. The molecule has 6 heteroatoms. The summed E-state index contributed by atoms with van der Waals surface area (Å²) >= 11 is 0. The number of rotatable bonds is 7. The number of hydrogen-bond donors (Lipinski definition) is 1. The van der Waals surface area contributed by atoms with E-state index in [4.69, 9.17) is 14.2 Å². The second kappa shape index (κ2) is 8.78. The molecule has 0 radical (unpaired) electrons. The molecule has 148 valence electrons. The molecule has 0 aromatic heterocycles. The lowest BCUT2D eigenvalue weighted by molar-refractivity contribution is -0.121. The predicted molar refractivity (Wildman–Crippen MR) is 105 cm³/mol. The summed E-state index contributed by atoms with van der Waals surface area (Å²) in [5.74, 6) is 1.66. The molecule has 0 unspecified atom stereocenters. The molecular weight excluding hydrogens is 358 g/mol. The number of carbonyl (C=O) groups excluding carboxylic acids is 2. The summed E-state index contributed by atoms with van der Waals surface area (Å²) in [6.07, 6.45) is 0.245. The monoisotopic (exact) mass is 383 g/mol. The van der Waals surface area contributed by atoms with E-state index in [0.717, 1.165) is 16.9 Å². The van der Waals surface area contributed by atoms with Crippen molar-refractivity contribution in [3.8, 4) is 17.2 Å². The fraction of sp³-hybridized carbons (Fsp3) is 0.364. The number of methoxy groups -OCH3 is 1. The van der Waals surface area contributed by atoms with Crippen LogP contribution >= 0.6 is 0 Å². The normalized spacial score (nSPS) is 13.5. The Morgan fingerprint density at radius 3 is 2.57 bits per heavy atom. The molecule has 1 heterocycles. The first-order valence-corrected chi connectivity index (χ1v) is 9.34. The van der Waals surface area contributed by atoms with Gasteiger partial charge in [0.25, 0.3) is 0 Å². The van der Waals surface area contributed by atoms with Crippen LogP contribution in [0.1, 0.15) is 47.3 Å². The van der Waals surface area contributed by atoms with Crippen LogP contribution in [0.2, 0.25) is 0 Å². The Balaban J connectivity index is 1.57. The smallest absolute Gasteiger partial charge is 0.220 e. The average Bonchev–Trinajstić information content (AvgIpc) is 2.71. The molecule has 3 rings (SSSR count). The van der Waals surface area contributed by atoms with E-state index in [0.29, 0.717) is 30.3 Å². The third-order valence-electron chi connectivity index (χ3n) is 4.67. The van der Waals surface area contributed by atoms with E-state index in [9.17, 15) is 9.59 Å². The molecule has 0 aliphatic carbocycles. The lowest BCUT2D eigenvalue weighted by atomic mass is 10.0. The van der Waals surface area contributed by atoms with E-state index < -0.39 is 0 Å². The van der Waals surface area contributed by atoms with Crippen molar-refractivity contribution in [1.29, 1.82) is 0 Å². The molecule has 1 aliphatic rings. The quantitative estimate of drug-likeness (QED) is 0.740. The molecule has 6 nitrogen and oxygen atoms in total. The number of ether oxygens (including phenoxy) is 3. The van der Waals surface area contributed by atoms with Crippen LogP contribution in [0.5, 0.6) is 17.2 Å². The maximum atomic E-state index is 12.4. The zero-order valence-electron chi connectivity index (χ0n) is 16.4. The highest BCUT2D eigenvalue weighted by atomic mass is 16.6. The summed E-state index contributed by atoms with van der Waals surface area (Å²) in [6.45, 7) is 4.86. The number of amides is 1. The van der Waals surface area contributed by atoms with Crippen molar-refractivity contribution in [1.82, 2.24) is 5.32 Å². The molecule has 1 atom stereocenters. The predicted octanol–water partition coefficient (Wildman–Crippen LogP) is 3.62. The SMILES string of the molecule is COc1ccc(C)cc1[C@@H](C)NC(=O)CCC(=O)c1ccc2c(c1)OCCO2. The zero-order chi connectivity index (χ0) is 20.1. The molecule has 28 heavy (non-hydrogen) atoms. The third kappa shape index (κ3) is 4.63. The number of fused-ring (bicyclic) bond motifs is 1. The summed E-state index contributed by atoms with van der Waals surface area (Å²) in [4.78, 5) is 24.8. The van der Waals surface area contributed by atoms with E-state index >= 15 is 0 Å². The minimum Gasteiger partial charge on any atom is -0.496 e. The number of ketones is 1. The highest BCUT2D eigenvalue weighted by molar-refractivity contribution is 5.98. The lowest BCUT2D eigenvalue weighted by Crippen LogP contribution is -2.27. The maximum absolute atomic E-state index is 12.4. The van der Waals surface area contributed by atoms with Gasteiger partial charge in [-0.15, -0.1) is 0 Å². The van der Waals surface area contributed by atoms with Crippen molar-refractivity contribution in [2.24, 2.45) is 0 Å². The topological polar surface area (TPSA) is 73.9 Å². The molecule has 0 bridgehead atoms. The molecule has 2 aromatic carbocycles. The van der Waals surface area contributed by atoms with Crippen molar-refractivity contribution in [2.75, 3.05) is 20.3 Å².